The van der Waals surface area contributed by atoms with E-state index in [9.17, 15) is 4.79 Å². The Labute approximate surface area is 80.3 Å². The van der Waals surface area contributed by atoms with Gasteiger partial charge in [-0.25, -0.2) is 4.79 Å². The topological polar surface area (TPSA) is 37.3 Å². The van der Waals surface area contributed by atoms with Crippen molar-refractivity contribution in [3.8, 4) is 0 Å². The van der Waals surface area contributed by atoms with Crippen LogP contribution in [-0.4, -0.2) is 11.1 Å². The van der Waals surface area contributed by atoms with Gasteiger partial charge in [-0.15, -0.1) is 0 Å². The molecule has 0 fully saturated rings. The van der Waals surface area contributed by atoms with Gasteiger partial charge in [0.2, 0.25) is 0 Å². The molecule has 0 aliphatic rings. The largest absolute Gasteiger partial charge is 0.478 e. The van der Waals surface area contributed by atoms with E-state index in [-0.39, 0.29) is 0 Å². The van der Waals surface area contributed by atoms with Crippen molar-refractivity contribution in [3.63, 3.8) is 0 Å². The second-order valence-electron chi connectivity index (χ2n) is 2.65. The van der Waals surface area contributed by atoms with Crippen LogP contribution < -0.4 is 0 Å². The highest BCUT2D eigenvalue weighted by molar-refractivity contribution is 5.85. The first kappa shape index (κ1) is 14.2. The van der Waals surface area contributed by atoms with E-state index in [1.807, 2.05) is 13.8 Å². The maximum absolute atomic E-state index is 10.0. The van der Waals surface area contributed by atoms with E-state index in [4.69, 9.17) is 5.11 Å². The summed E-state index contributed by atoms with van der Waals surface area (Å²) in [6, 6.07) is 0. The molecule has 0 aromatic carbocycles. The molecule has 74 valence electrons. The Morgan fingerprint density at radius 2 is 1.85 bits per heavy atom. The van der Waals surface area contributed by atoms with Crippen LogP contribution in [0.3, 0.4) is 0 Å². The molecular weight excluding hydrogens is 164 g/mol. The summed E-state index contributed by atoms with van der Waals surface area (Å²) in [6.45, 7) is 12.4. The van der Waals surface area contributed by atoms with E-state index in [0.717, 1.165) is 12.0 Å². The van der Waals surface area contributed by atoms with Crippen LogP contribution in [0.4, 0.5) is 0 Å². The minimum Gasteiger partial charge on any atom is -0.478 e. The molecule has 0 aromatic rings. The summed E-state index contributed by atoms with van der Waals surface area (Å²) < 4.78 is 0. The van der Waals surface area contributed by atoms with Crippen LogP contribution in [0, 0.1) is 0 Å². The van der Waals surface area contributed by atoms with Gasteiger partial charge in [-0.05, 0) is 20.3 Å². The zero-order valence-corrected chi connectivity index (χ0v) is 8.63. The van der Waals surface area contributed by atoms with E-state index < -0.39 is 5.97 Å². The maximum Gasteiger partial charge on any atom is 0.330 e. The molecule has 0 bridgehead atoms. The monoisotopic (exact) mass is 182 g/mol. The molecule has 0 aliphatic heterocycles. The third kappa shape index (κ3) is 13.7. The lowest BCUT2D eigenvalue weighted by atomic mass is 10.2. The third-order valence-electron chi connectivity index (χ3n) is 1.20. The average Bonchev–Trinajstić information content (AvgIpc) is 2.06. The predicted molar refractivity (Wildman–Crippen MR) is 56.7 cm³/mol. The number of hydrogen-bond donors (Lipinski definition) is 1. The summed E-state index contributed by atoms with van der Waals surface area (Å²) >= 11 is 0. The highest BCUT2D eigenvalue weighted by atomic mass is 16.4. The second kappa shape index (κ2) is 8.78. The Kier molecular flexibility index (Phi) is 9.61. The molecule has 0 heterocycles. The van der Waals surface area contributed by atoms with E-state index >= 15 is 0 Å². The van der Waals surface area contributed by atoms with Crippen LogP contribution in [0.25, 0.3) is 0 Å². The minimum absolute atomic E-state index is 0.424. The quantitative estimate of drug-likeness (QED) is 0.537. The number of rotatable bonds is 3. The molecule has 0 amide bonds. The summed E-state index contributed by atoms with van der Waals surface area (Å²) in [5.74, 6) is -0.827. The van der Waals surface area contributed by atoms with Gasteiger partial charge in [0, 0.05) is 5.57 Å². The van der Waals surface area contributed by atoms with Crippen LogP contribution >= 0.6 is 0 Å². The molecule has 0 aliphatic carbocycles. The first-order chi connectivity index (χ1) is 5.95. The van der Waals surface area contributed by atoms with Crippen molar-refractivity contribution >= 4 is 5.97 Å². The lowest BCUT2D eigenvalue weighted by molar-refractivity contribution is -0.132. The van der Waals surface area contributed by atoms with E-state index in [0.29, 0.717) is 5.57 Å². The molecule has 0 saturated carbocycles. The lowest BCUT2D eigenvalue weighted by Gasteiger charge is -1.87. The Bertz CT molecular complexity index is 212. The molecule has 0 saturated heterocycles. The summed E-state index contributed by atoms with van der Waals surface area (Å²) in [4.78, 5) is 10.0. The van der Waals surface area contributed by atoms with Crippen molar-refractivity contribution in [3.05, 3.63) is 36.5 Å². The first-order valence-electron chi connectivity index (χ1n) is 4.13. The SMILES string of the molecule is C=CC(=C)C.CCC=C(C)C(=O)O. The van der Waals surface area contributed by atoms with Gasteiger partial charge >= 0.3 is 5.97 Å². The van der Waals surface area contributed by atoms with Gasteiger partial charge in [0.25, 0.3) is 0 Å². The number of allylic oxidation sites excluding steroid dienone is 3. The summed E-state index contributed by atoms with van der Waals surface area (Å²) in [7, 11) is 0. The smallest absolute Gasteiger partial charge is 0.330 e. The average molecular weight is 182 g/mol. The number of carbonyl (C=O) groups is 1. The van der Waals surface area contributed by atoms with Gasteiger partial charge in [-0.3, -0.25) is 0 Å². The molecule has 1 N–H and O–H groups in total. The van der Waals surface area contributed by atoms with Crippen molar-refractivity contribution in [2.75, 3.05) is 0 Å². The molecule has 0 rings (SSSR count). The zero-order chi connectivity index (χ0) is 10.9. The highest BCUT2D eigenvalue weighted by Gasteiger charge is 1.94. The molecule has 0 unspecified atom stereocenters. The molecule has 0 atom stereocenters. The molecule has 2 heteroatoms. The number of aliphatic carboxylic acids is 1. The van der Waals surface area contributed by atoms with Crippen molar-refractivity contribution in [1.29, 1.82) is 0 Å². The maximum atomic E-state index is 10.0. The fourth-order valence-electron chi connectivity index (χ4n) is 0.393. The summed E-state index contributed by atoms with van der Waals surface area (Å²) in [5.41, 5.74) is 1.44. The minimum atomic E-state index is -0.827. The highest BCUT2D eigenvalue weighted by Crippen LogP contribution is 1.92. The van der Waals surface area contributed by atoms with E-state index in [1.54, 1.807) is 19.1 Å². The fraction of sp³-hybridized carbons (Fsp3) is 0.364. The number of carboxylic acids is 1. The Hall–Kier alpha value is -1.31. The summed E-state index contributed by atoms with van der Waals surface area (Å²) in [5, 5.41) is 8.24. The van der Waals surface area contributed by atoms with Crippen LogP contribution in [0.1, 0.15) is 27.2 Å². The Morgan fingerprint density at radius 3 is 1.92 bits per heavy atom. The van der Waals surface area contributed by atoms with Gasteiger partial charge in [0.1, 0.15) is 0 Å². The van der Waals surface area contributed by atoms with Gasteiger partial charge in [-0.2, -0.15) is 0 Å². The Balaban J connectivity index is 0. The van der Waals surface area contributed by atoms with E-state index in [1.165, 1.54) is 0 Å². The first-order valence-corrected chi connectivity index (χ1v) is 4.13. The lowest BCUT2D eigenvalue weighted by Crippen LogP contribution is -1.94. The van der Waals surface area contributed by atoms with Gasteiger partial charge < -0.3 is 5.11 Å². The standard InChI is InChI=1S/C6H10O2.C5H8/c1-3-4-5(2)6(7)8;1-4-5(2)3/h4H,3H2,1-2H3,(H,7,8);4H,1-2H2,3H3. The number of hydrogen-bond acceptors (Lipinski definition) is 1. The second-order valence-corrected chi connectivity index (χ2v) is 2.65. The van der Waals surface area contributed by atoms with Crippen LogP contribution in [-0.2, 0) is 4.79 Å². The zero-order valence-electron chi connectivity index (χ0n) is 8.63. The van der Waals surface area contributed by atoms with E-state index in [2.05, 4.69) is 13.2 Å². The molecule has 0 radical (unpaired) electrons. The van der Waals surface area contributed by atoms with Crippen molar-refractivity contribution < 1.29 is 9.90 Å². The van der Waals surface area contributed by atoms with Crippen LogP contribution in [0.5, 0.6) is 0 Å². The molecule has 13 heavy (non-hydrogen) atoms. The van der Waals surface area contributed by atoms with Gasteiger partial charge in [-0.1, -0.05) is 37.8 Å². The normalized spacial score (nSPS) is 9.62. The fourth-order valence-corrected chi connectivity index (χ4v) is 0.393. The predicted octanol–water partition coefficient (Wildman–Crippen LogP) is 3.18. The number of carboxylic acid groups (broad SMARTS) is 1. The Morgan fingerprint density at radius 1 is 1.46 bits per heavy atom. The molecule has 0 spiro atoms. The van der Waals surface area contributed by atoms with Crippen molar-refractivity contribution in [2.24, 2.45) is 0 Å². The molecule has 0 aromatic heterocycles. The summed E-state index contributed by atoms with van der Waals surface area (Å²) in [6.07, 6.45) is 4.19. The van der Waals surface area contributed by atoms with Crippen LogP contribution in [0.2, 0.25) is 0 Å². The molecular formula is C11H18O2. The van der Waals surface area contributed by atoms with Gasteiger partial charge in [0.05, 0.1) is 0 Å². The van der Waals surface area contributed by atoms with Crippen LogP contribution in [0.15, 0.2) is 36.5 Å². The van der Waals surface area contributed by atoms with Gasteiger partial charge in [0.15, 0.2) is 0 Å². The van der Waals surface area contributed by atoms with Crippen molar-refractivity contribution in [1.82, 2.24) is 0 Å². The third-order valence-corrected chi connectivity index (χ3v) is 1.20. The molecule has 2 nitrogen and oxygen atoms in total. The van der Waals surface area contributed by atoms with Crippen molar-refractivity contribution in [2.45, 2.75) is 27.2 Å².